The maximum atomic E-state index is 12.9. The summed E-state index contributed by atoms with van der Waals surface area (Å²) < 4.78 is 1.98. The van der Waals surface area contributed by atoms with Gasteiger partial charge in [-0.25, -0.2) is 0 Å². The molecule has 2 unspecified atom stereocenters. The summed E-state index contributed by atoms with van der Waals surface area (Å²) in [6.07, 6.45) is 0. The van der Waals surface area contributed by atoms with Crippen LogP contribution in [0, 0.1) is 13.8 Å². The summed E-state index contributed by atoms with van der Waals surface area (Å²) in [5, 5.41) is 7.92. The predicted molar refractivity (Wildman–Crippen MR) is 95.2 cm³/mol. The van der Waals surface area contributed by atoms with Crippen molar-refractivity contribution in [2.45, 2.75) is 46.3 Å². The zero-order chi connectivity index (χ0) is 17.3. The first kappa shape index (κ1) is 16.7. The van der Waals surface area contributed by atoms with E-state index in [-0.39, 0.29) is 11.9 Å². The van der Waals surface area contributed by atoms with Crippen LogP contribution in [0.25, 0.3) is 0 Å². The van der Waals surface area contributed by atoms with Crippen molar-refractivity contribution in [1.82, 2.24) is 20.0 Å². The Bertz CT molecular complexity index is 737. The van der Waals surface area contributed by atoms with Gasteiger partial charge in [-0.1, -0.05) is 12.1 Å². The normalized spacial score (nSPS) is 21.1. The van der Waals surface area contributed by atoms with Gasteiger partial charge in [-0.05, 0) is 51.5 Å². The van der Waals surface area contributed by atoms with Crippen LogP contribution in [-0.4, -0.2) is 45.8 Å². The Hall–Kier alpha value is -2.14. The quantitative estimate of drug-likeness (QED) is 0.942. The van der Waals surface area contributed by atoms with E-state index in [4.69, 9.17) is 0 Å². The summed E-state index contributed by atoms with van der Waals surface area (Å²) in [5.74, 6) is 0.117. The van der Waals surface area contributed by atoms with Gasteiger partial charge in [-0.15, -0.1) is 0 Å². The Kier molecular flexibility index (Phi) is 4.71. The molecule has 1 fully saturated rings. The highest BCUT2D eigenvalue weighted by molar-refractivity contribution is 5.94. The van der Waals surface area contributed by atoms with E-state index in [9.17, 15) is 4.79 Å². The van der Waals surface area contributed by atoms with E-state index in [2.05, 4.69) is 43.3 Å². The van der Waals surface area contributed by atoms with Gasteiger partial charge in [-0.2, -0.15) is 5.10 Å². The lowest BCUT2D eigenvalue weighted by Gasteiger charge is -2.38. The Balaban J connectivity index is 1.79. The van der Waals surface area contributed by atoms with Gasteiger partial charge in [0.1, 0.15) is 0 Å². The predicted octanol–water partition coefficient (Wildman–Crippen LogP) is 2.37. The van der Waals surface area contributed by atoms with E-state index in [1.54, 1.807) is 0 Å². The lowest BCUT2D eigenvalue weighted by molar-refractivity contribution is 0.0603. The molecule has 0 aliphatic carbocycles. The average Bonchev–Trinajstić information content (AvgIpc) is 2.87. The second-order valence-electron chi connectivity index (χ2n) is 6.77. The van der Waals surface area contributed by atoms with Gasteiger partial charge >= 0.3 is 0 Å². The van der Waals surface area contributed by atoms with Crippen molar-refractivity contribution in [1.29, 1.82) is 0 Å². The molecule has 2 heterocycles. The van der Waals surface area contributed by atoms with Gasteiger partial charge in [-0.3, -0.25) is 9.48 Å². The first-order chi connectivity index (χ1) is 11.5. The summed E-state index contributed by atoms with van der Waals surface area (Å²) in [6.45, 7) is 10.6. The first-order valence-electron chi connectivity index (χ1n) is 8.60. The van der Waals surface area contributed by atoms with Crippen molar-refractivity contribution < 1.29 is 4.79 Å². The minimum atomic E-state index is 0.117. The highest BCUT2D eigenvalue weighted by Crippen LogP contribution is 2.16. The van der Waals surface area contributed by atoms with Crippen molar-refractivity contribution >= 4 is 5.91 Å². The number of aryl methyl sites for hydroxylation is 2. The van der Waals surface area contributed by atoms with Gasteiger partial charge in [0.15, 0.2) is 0 Å². The van der Waals surface area contributed by atoms with Crippen LogP contribution < -0.4 is 5.32 Å². The summed E-state index contributed by atoms with van der Waals surface area (Å²) >= 11 is 0. The van der Waals surface area contributed by atoms with E-state index >= 15 is 0 Å². The summed E-state index contributed by atoms with van der Waals surface area (Å²) in [5.41, 5.74) is 4.01. The molecule has 5 nitrogen and oxygen atoms in total. The molecule has 3 rings (SSSR count). The number of nitrogens with one attached hydrogen (secondary N) is 1. The Morgan fingerprint density at radius 1 is 1.29 bits per heavy atom. The number of piperazine rings is 1. The number of rotatable bonds is 3. The van der Waals surface area contributed by atoms with Crippen LogP contribution in [0.15, 0.2) is 30.3 Å². The molecule has 1 aromatic carbocycles. The number of aromatic nitrogens is 2. The molecule has 0 spiro atoms. The lowest BCUT2D eigenvalue weighted by Crippen LogP contribution is -2.57. The molecular weight excluding hydrogens is 300 g/mol. The van der Waals surface area contributed by atoms with Crippen molar-refractivity contribution in [3.05, 3.63) is 52.8 Å². The molecule has 0 bridgehead atoms. The van der Waals surface area contributed by atoms with E-state index < -0.39 is 0 Å². The van der Waals surface area contributed by atoms with Gasteiger partial charge in [0.05, 0.1) is 12.2 Å². The third-order valence-electron chi connectivity index (χ3n) is 4.90. The van der Waals surface area contributed by atoms with Gasteiger partial charge in [0.2, 0.25) is 0 Å². The fourth-order valence-corrected chi connectivity index (χ4v) is 3.32. The van der Waals surface area contributed by atoms with Gasteiger partial charge in [0, 0.05) is 36.4 Å². The first-order valence-corrected chi connectivity index (χ1v) is 8.60. The molecule has 2 atom stereocenters. The maximum absolute atomic E-state index is 12.9. The van der Waals surface area contributed by atoms with Crippen molar-refractivity contribution in [2.75, 3.05) is 13.1 Å². The van der Waals surface area contributed by atoms with Crippen LogP contribution in [0.2, 0.25) is 0 Å². The lowest BCUT2D eigenvalue weighted by atomic mass is 10.0. The van der Waals surface area contributed by atoms with Crippen LogP contribution in [-0.2, 0) is 6.54 Å². The Morgan fingerprint density at radius 2 is 2.08 bits per heavy atom. The standard InChI is InChI=1S/C19H26N4O/c1-13-10-14(2)23(21-13)12-17-6-5-7-18(11-17)19(24)22-9-8-20-15(3)16(22)4/h5-7,10-11,15-16,20H,8-9,12H2,1-4H3. The summed E-state index contributed by atoms with van der Waals surface area (Å²) in [7, 11) is 0. The largest absolute Gasteiger partial charge is 0.333 e. The Morgan fingerprint density at radius 3 is 2.79 bits per heavy atom. The molecule has 1 aliphatic rings. The minimum Gasteiger partial charge on any atom is -0.333 e. The number of nitrogens with zero attached hydrogens (tertiary/aromatic N) is 3. The topological polar surface area (TPSA) is 50.2 Å². The van der Waals surface area contributed by atoms with Crippen LogP contribution in [0.5, 0.6) is 0 Å². The van der Waals surface area contributed by atoms with Crippen molar-refractivity contribution in [3.63, 3.8) is 0 Å². The monoisotopic (exact) mass is 326 g/mol. The fraction of sp³-hybridized carbons (Fsp3) is 0.474. The van der Waals surface area contributed by atoms with Crippen LogP contribution >= 0.6 is 0 Å². The molecule has 1 amide bonds. The van der Waals surface area contributed by atoms with Crippen LogP contribution in [0.1, 0.15) is 41.2 Å². The number of amides is 1. The maximum Gasteiger partial charge on any atom is 0.254 e. The highest BCUT2D eigenvalue weighted by Gasteiger charge is 2.28. The third kappa shape index (κ3) is 3.36. The number of carbonyl (C=O) groups excluding carboxylic acids is 1. The smallest absolute Gasteiger partial charge is 0.254 e. The second kappa shape index (κ2) is 6.77. The number of hydrogen-bond donors (Lipinski definition) is 1. The molecule has 0 saturated carbocycles. The SMILES string of the molecule is Cc1cc(C)n(Cc2cccc(C(=O)N3CCNC(C)C3C)c2)n1. The van der Waals surface area contributed by atoms with Crippen LogP contribution in [0.3, 0.4) is 0 Å². The van der Waals surface area contributed by atoms with Gasteiger partial charge < -0.3 is 10.2 Å². The van der Waals surface area contributed by atoms with E-state index in [0.29, 0.717) is 12.6 Å². The number of carbonyl (C=O) groups is 1. The second-order valence-corrected chi connectivity index (χ2v) is 6.77. The summed E-state index contributed by atoms with van der Waals surface area (Å²) in [4.78, 5) is 14.9. The number of benzene rings is 1. The Labute approximate surface area is 143 Å². The zero-order valence-corrected chi connectivity index (χ0v) is 14.9. The molecule has 0 radical (unpaired) electrons. The minimum absolute atomic E-state index is 0.117. The van der Waals surface area contributed by atoms with Crippen molar-refractivity contribution in [2.24, 2.45) is 0 Å². The average molecular weight is 326 g/mol. The molecule has 2 aromatic rings. The molecule has 5 heteroatoms. The molecule has 128 valence electrons. The van der Waals surface area contributed by atoms with Crippen LogP contribution in [0.4, 0.5) is 0 Å². The fourth-order valence-electron chi connectivity index (χ4n) is 3.32. The summed E-state index contributed by atoms with van der Waals surface area (Å²) in [6, 6.07) is 10.5. The highest BCUT2D eigenvalue weighted by atomic mass is 16.2. The molecule has 1 aliphatic heterocycles. The number of hydrogen-bond acceptors (Lipinski definition) is 3. The zero-order valence-electron chi connectivity index (χ0n) is 14.9. The van der Waals surface area contributed by atoms with Gasteiger partial charge in [0.25, 0.3) is 5.91 Å². The molecular formula is C19H26N4O. The molecule has 1 N–H and O–H groups in total. The van der Waals surface area contributed by atoms with E-state index in [1.807, 2.05) is 34.7 Å². The molecule has 1 saturated heterocycles. The molecule has 24 heavy (non-hydrogen) atoms. The van der Waals surface area contributed by atoms with E-state index in [0.717, 1.165) is 35.6 Å². The third-order valence-corrected chi connectivity index (χ3v) is 4.90. The van der Waals surface area contributed by atoms with E-state index in [1.165, 1.54) is 0 Å². The van der Waals surface area contributed by atoms with Crippen molar-refractivity contribution in [3.8, 4) is 0 Å². The molecule has 1 aromatic heterocycles.